The summed E-state index contributed by atoms with van der Waals surface area (Å²) >= 11 is 1.39. The average Bonchev–Trinajstić information content (AvgIpc) is 2.97. The maximum atomic E-state index is 13.0. The molecule has 0 bridgehead atoms. The van der Waals surface area contributed by atoms with Gasteiger partial charge in [-0.15, -0.1) is 11.3 Å². The largest absolute Gasteiger partial charge is 0.389 e. The van der Waals surface area contributed by atoms with Crippen LogP contribution in [0.25, 0.3) is 10.2 Å². The third-order valence-corrected chi connectivity index (χ3v) is 4.58. The lowest BCUT2D eigenvalue weighted by Gasteiger charge is -2.28. The van der Waals surface area contributed by atoms with Crippen molar-refractivity contribution in [1.29, 1.82) is 0 Å². The first-order valence-corrected chi connectivity index (χ1v) is 8.65. The van der Waals surface area contributed by atoms with Gasteiger partial charge in [0.1, 0.15) is 0 Å². The number of carbonyl (C=O) groups is 1. The van der Waals surface area contributed by atoms with E-state index in [1.165, 1.54) is 11.3 Å². The van der Waals surface area contributed by atoms with Gasteiger partial charge in [-0.3, -0.25) is 4.79 Å². The van der Waals surface area contributed by atoms with Crippen molar-refractivity contribution in [1.82, 2.24) is 9.88 Å². The lowest BCUT2D eigenvalue weighted by molar-refractivity contribution is 0.0280. The lowest BCUT2D eigenvalue weighted by Crippen LogP contribution is -2.41. The minimum atomic E-state index is -0.971. The summed E-state index contributed by atoms with van der Waals surface area (Å²) in [5.74, 6) is -0.151. The highest BCUT2D eigenvalue weighted by Gasteiger charge is 2.25. The molecule has 0 fully saturated rings. The third-order valence-electron chi connectivity index (χ3n) is 3.56. The van der Waals surface area contributed by atoms with Gasteiger partial charge in [-0.05, 0) is 31.5 Å². The number of aromatic nitrogens is 1. The highest BCUT2D eigenvalue weighted by Crippen LogP contribution is 2.24. The van der Waals surface area contributed by atoms with E-state index in [2.05, 4.69) is 4.98 Å². The Bertz CT molecular complexity index is 804. The molecule has 0 saturated carbocycles. The van der Waals surface area contributed by atoms with Crippen LogP contribution < -0.4 is 0 Å². The summed E-state index contributed by atoms with van der Waals surface area (Å²) in [4.78, 5) is 19.1. The Morgan fingerprint density at radius 3 is 2.46 bits per heavy atom. The number of benzene rings is 2. The van der Waals surface area contributed by atoms with Crippen LogP contribution in [0, 0.1) is 0 Å². The number of hydrogen-bond donors (Lipinski definition) is 1. The maximum Gasteiger partial charge on any atom is 0.283 e. The van der Waals surface area contributed by atoms with Crippen LogP contribution >= 0.6 is 11.3 Å². The molecule has 2 aromatic carbocycles. The fourth-order valence-corrected chi connectivity index (χ4v) is 3.50. The molecule has 5 heteroatoms. The average molecular weight is 340 g/mol. The van der Waals surface area contributed by atoms with Gasteiger partial charge in [0.15, 0.2) is 5.01 Å². The van der Waals surface area contributed by atoms with Crippen LogP contribution in [0.2, 0.25) is 0 Å². The minimum Gasteiger partial charge on any atom is -0.389 e. The number of nitrogens with zero attached hydrogens (tertiary/aromatic N) is 2. The molecular weight excluding hydrogens is 320 g/mol. The predicted octanol–water partition coefficient (Wildman–Crippen LogP) is 3.71. The number of thiazole rings is 1. The van der Waals surface area contributed by atoms with Gasteiger partial charge in [-0.2, -0.15) is 0 Å². The molecule has 0 aliphatic heterocycles. The zero-order valence-corrected chi connectivity index (χ0v) is 14.6. The molecule has 0 atom stereocenters. The van der Waals surface area contributed by atoms with E-state index >= 15 is 0 Å². The lowest BCUT2D eigenvalue weighted by atomic mass is 10.1. The normalized spacial score (nSPS) is 11.6. The second kappa shape index (κ2) is 6.71. The Morgan fingerprint density at radius 2 is 1.79 bits per heavy atom. The number of aliphatic hydroxyl groups is 1. The third kappa shape index (κ3) is 3.99. The summed E-state index contributed by atoms with van der Waals surface area (Å²) in [6, 6.07) is 17.5. The first-order chi connectivity index (χ1) is 11.4. The van der Waals surface area contributed by atoms with E-state index in [0.717, 1.165) is 15.8 Å². The molecule has 1 heterocycles. The molecule has 0 aliphatic carbocycles. The molecule has 0 aliphatic rings. The van der Waals surface area contributed by atoms with E-state index in [1.54, 1.807) is 18.7 Å². The number of amides is 1. The predicted molar refractivity (Wildman–Crippen MR) is 97.1 cm³/mol. The first-order valence-electron chi connectivity index (χ1n) is 7.83. The molecule has 0 spiro atoms. The molecule has 0 saturated heterocycles. The van der Waals surface area contributed by atoms with Crippen molar-refractivity contribution in [3.8, 4) is 0 Å². The molecule has 0 radical (unpaired) electrons. The second-order valence-corrected chi connectivity index (χ2v) is 7.48. The van der Waals surface area contributed by atoms with E-state index in [4.69, 9.17) is 0 Å². The van der Waals surface area contributed by atoms with Gasteiger partial charge in [0.2, 0.25) is 0 Å². The van der Waals surface area contributed by atoms with Crippen molar-refractivity contribution >= 4 is 27.5 Å². The number of para-hydroxylation sites is 1. The van der Waals surface area contributed by atoms with Crippen LogP contribution in [0.15, 0.2) is 54.6 Å². The molecule has 4 nitrogen and oxygen atoms in total. The van der Waals surface area contributed by atoms with Crippen molar-refractivity contribution < 1.29 is 9.90 Å². The van der Waals surface area contributed by atoms with Crippen LogP contribution in [-0.2, 0) is 6.54 Å². The van der Waals surface area contributed by atoms with Crippen LogP contribution in [0.3, 0.4) is 0 Å². The van der Waals surface area contributed by atoms with Crippen molar-refractivity contribution in [2.24, 2.45) is 0 Å². The Hall–Kier alpha value is -2.24. The standard InChI is InChI=1S/C19H20N2O2S/c1-19(2,23)13-21(12-14-8-4-3-5-9-14)18(22)17-20-15-10-6-7-11-16(15)24-17/h3-11,23H,12-13H2,1-2H3. The van der Waals surface area contributed by atoms with Gasteiger partial charge in [-0.1, -0.05) is 42.5 Å². The number of carbonyl (C=O) groups excluding carboxylic acids is 1. The molecule has 3 aromatic rings. The SMILES string of the molecule is CC(C)(O)CN(Cc1ccccc1)C(=O)c1nc2ccccc2s1. The molecule has 124 valence electrons. The molecule has 24 heavy (non-hydrogen) atoms. The van der Waals surface area contributed by atoms with Crippen molar-refractivity contribution in [3.05, 3.63) is 65.2 Å². The summed E-state index contributed by atoms with van der Waals surface area (Å²) in [7, 11) is 0. The van der Waals surface area contributed by atoms with Crippen LogP contribution in [0.4, 0.5) is 0 Å². The van der Waals surface area contributed by atoms with Crippen LogP contribution in [0.1, 0.15) is 29.2 Å². The van der Waals surface area contributed by atoms with Gasteiger partial charge < -0.3 is 10.0 Å². The Morgan fingerprint density at radius 1 is 1.12 bits per heavy atom. The van der Waals surface area contributed by atoms with Crippen molar-refractivity contribution in [3.63, 3.8) is 0 Å². The summed E-state index contributed by atoms with van der Waals surface area (Å²) in [6.07, 6.45) is 0. The van der Waals surface area contributed by atoms with E-state index in [0.29, 0.717) is 11.6 Å². The highest BCUT2D eigenvalue weighted by atomic mass is 32.1. The van der Waals surface area contributed by atoms with Crippen molar-refractivity contribution in [2.75, 3.05) is 6.54 Å². The highest BCUT2D eigenvalue weighted by molar-refractivity contribution is 7.20. The Labute approximate surface area is 145 Å². The number of hydrogen-bond acceptors (Lipinski definition) is 4. The number of rotatable bonds is 5. The van der Waals surface area contributed by atoms with Gasteiger partial charge in [-0.25, -0.2) is 4.98 Å². The quantitative estimate of drug-likeness (QED) is 0.770. The van der Waals surface area contributed by atoms with Gasteiger partial charge in [0, 0.05) is 13.1 Å². The fraction of sp³-hybridized carbons (Fsp3) is 0.263. The molecule has 1 amide bonds. The monoisotopic (exact) mass is 340 g/mol. The fourth-order valence-electron chi connectivity index (χ4n) is 2.57. The smallest absolute Gasteiger partial charge is 0.283 e. The molecule has 3 rings (SSSR count). The zero-order valence-electron chi connectivity index (χ0n) is 13.8. The van der Waals surface area contributed by atoms with E-state index < -0.39 is 5.60 Å². The maximum absolute atomic E-state index is 13.0. The summed E-state index contributed by atoms with van der Waals surface area (Å²) in [5.41, 5.74) is 0.881. The Balaban J connectivity index is 1.89. The summed E-state index contributed by atoms with van der Waals surface area (Å²) < 4.78 is 0.990. The second-order valence-electron chi connectivity index (χ2n) is 6.45. The zero-order chi connectivity index (χ0) is 17.2. The number of fused-ring (bicyclic) bond motifs is 1. The topological polar surface area (TPSA) is 53.4 Å². The van der Waals surface area contributed by atoms with Gasteiger partial charge in [0.05, 0.1) is 15.8 Å². The van der Waals surface area contributed by atoms with Crippen molar-refractivity contribution in [2.45, 2.75) is 26.0 Å². The van der Waals surface area contributed by atoms with E-state index in [9.17, 15) is 9.90 Å². The van der Waals surface area contributed by atoms with E-state index in [1.807, 2.05) is 54.6 Å². The Kier molecular flexibility index (Phi) is 4.64. The van der Waals surface area contributed by atoms with Crippen LogP contribution in [-0.4, -0.2) is 33.0 Å². The molecular formula is C19H20N2O2S. The first kappa shape index (κ1) is 16.6. The van der Waals surface area contributed by atoms with Crippen LogP contribution in [0.5, 0.6) is 0 Å². The van der Waals surface area contributed by atoms with E-state index in [-0.39, 0.29) is 12.5 Å². The van der Waals surface area contributed by atoms with Gasteiger partial charge in [0.25, 0.3) is 5.91 Å². The molecule has 1 aromatic heterocycles. The summed E-state index contributed by atoms with van der Waals surface area (Å²) in [6.45, 7) is 4.10. The molecule has 0 unspecified atom stereocenters. The minimum absolute atomic E-state index is 0.151. The van der Waals surface area contributed by atoms with Gasteiger partial charge >= 0.3 is 0 Å². The molecule has 1 N–H and O–H groups in total. The summed E-state index contributed by atoms with van der Waals surface area (Å²) in [5, 5.41) is 10.6.